The highest BCUT2D eigenvalue weighted by Gasteiger charge is 2.28. The van der Waals surface area contributed by atoms with E-state index in [9.17, 15) is 20.0 Å². The fraction of sp³-hybridized carbons (Fsp3) is 0.533. The quantitative estimate of drug-likeness (QED) is 0.679. The number of ketones is 1. The lowest BCUT2D eigenvalue weighted by atomic mass is 9.83. The minimum atomic E-state index is -0.860. The average molecular weight is 277 g/mol. The van der Waals surface area contributed by atoms with Crippen molar-refractivity contribution in [3.63, 3.8) is 0 Å². The highest BCUT2D eigenvalue weighted by Crippen LogP contribution is 2.31. The van der Waals surface area contributed by atoms with Gasteiger partial charge in [-0.1, -0.05) is 19.3 Å². The Labute approximate surface area is 117 Å². The maximum absolute atomic E-state index is 12.1. The molecule has 0 aliphatic heterocycles. The maximum atomic E-state index is 12.1. The van der Waals surface area contributed by atoms with Crippen LogP contribution in [0.1, 0.15) is 50.2 Å². The summed E-state index contributed by atoms with van der Waals surface area (Å²) in [4.78, 5) is 22.2. The van der Waals surface area contributed by atoms with Crippen LogP contribution in [0.3, 0.4) is 0 Å². The zero-order chi connectivity index (χ0) is 14.5. The van der Waals surface area contributed by atoms with E-state index < -0.39 is 11.0 Å². The first-order valence-corrected chi connectivity index (χ1v) is 7.04. The molecular formula is C15H19NO4. The lowest BCUT2D eigenvalue weighted by Gasteiger charge is -2.24. The van der Waals surface area contributed by atoms with Crippen LogP contribution in [-0.2, 0) is 4.79 Å². The molecule has 0 spiro atoms. The second kappa shape index (κ2) is 6.61. The molecule has 1 aromatic carbocycles. The Kier molecular flexibility index (Phi) is 4.84. The van der Waals surface area contributed by atoms with Crippen molar-refractivity contribution >= 4 is 11.5 Å². The van der Waals surface area contributed by atoms with E-state index in [1.807, 2.05) is 0 Å². The monoisotopic (exact) mass is 277 g/mol. The molecule has 5 heteroatoms. The summed E-state index contributed by atoms with van der Waals surface area (Å²) in [5, 5.41) is 21.0. The van der Waals surface area contributed by atoms with Crippen molar-refractivity contribution in [1.82, 2.24) is 0 Å². The van der Waals surface area contributed by atoms with Gasteiger partial charge in [0.25, 0.3) is 5.69 Å². The molecule has 1 saturated carbocycles. The molecule has 108 valence electrons. The number of non-ortho nitro benzene ring substituents is 1. The molecule has 0 unspecified atom stereocenters. The van der Waals surface area contributed by atoms with Gasteiger partial charge in [-0.25, -0.2) is 0 Å². The van der Waals surface area contributed by atoms with Gasteiger partial charge in [-0.2, -0.15) is 0 Å². The number of hydrogen-bond donors (Lipinski definition) is 1. The highest BCUT2D eigenvalue weighted by atomic mass is 16.6. The first kappa shape index (κ1) is 14.7. The number of nitro benzene ring substituents is 1. The SMILES string of the molecule is O=C1CCCCCC[C@@H]1[C@@H](O)c1ccc([N+](=O)[O-])cc1. The Morgan fingerprint density at radius 2 is 1.80 bits per heavy atom. The van der Waals surface area contributed by atoms with Gasteiger partial charge in [-0.05, 0) is 30.5 Å². The molecule has 0 bridgehead atoms. The summed E-state index contributed by atoms with van der Waals surface area (Å²) in [5.74, 6) is -0.271. The normalized spacial score (nSPS) is 21.9. The minimum absolute atomic E-state index is 0.00931. The van der Waals surface area contributed by atoms with E-state index in [1.165, 1.54) is 24.3 Å². The number of nitrogens with zero attached hydrogens (tertiary/aromatic N) is 1. The Balaban J connectivity index is 2.13. The number of nitro groups is 1. The third-order valence-corrected chi connectivity index (χ3v) is 3.93. The van der Waals surface area contributed by atoms with Crippen molar-refractivity contribution in [3.05, 3.63) is 39.9 Å². The molecule has 0 saturated heterocycles. The van der Waals surface area contributed by atoms with Crippen molar-refractivity contribution in [2.24, 2.45) is 5.92 Å². The number of carbonyl (C=O) groups excluding carboxylic acids is 1. The van der Waals surface area contributed by atoms with Gasteiger partial charge in [0.1, 0.15) is 5.78 Å². The van der Waals surface area contributed by atoms with Gasteiger partial charge in [0.15, 0.2) is 0 Å². The van der Waals surface area contributed by atoms with E-state index in [2.05, 4.69) is 0 Å². The summed E-state index contributed by atoms with van der Waals surface area (Å²) in [6.07, 6.45) is 4.36. The first-order valence-electron chi connectivity index (χ1n) is 7.04. The molecule has 0 radical (unpaired) electrons. The van der Waals surface area contributed by atoms with Crippen LogP contribution in [0.5, 0.6) is 0 Å². The van der Waals surface area contributed by atoms with Gasteiger partial charge in [-0.15, -0.1) is 0 Å². The summed E-state index contributed by atoms with van der Waals surface area (Å²) in [7, 11) is 0. The van der Waals surface area contributed by atoms with Crippen LogP contribution < -0.4 is 0 Å². The van der Waals surface area contributed by atoms with Crippen LogP contribution >= 0.6 is 0 Å². The van der Waals surface area contributed by atoms with E-state index in [0.29, 0.717) is 18.4 Å². The summed E-state index contributed by atoms with van der Waals surface area (Å²) in [5.41, 5.74) is 0.569. The zero-order valence-electron chi connectivity index (χ0n) is 11.3. The van der Waals surface area contributed by atoms with Gasteiger partial charge >= 0.3 is 0 Å². The maximum Gasteiger partial charge on any atom is 0.269 e. The van der Waals surface area contributed by atoms with Gasteiger partial charge < -0.3 is 5.11 Å². The van der Waals surface area contributed by atoms with E-state index in [4.69, 9.17) is 0 Å². The van der Waals surface area contributed by atoms with Crippen molar-refractivity contribution in [2.75, 3.05) is 0 Å². The Hall–Kier alpha value is -1.75. The molecule has 1 fully saturated rings. The second-order valence-electron chi connectivity index (χ2n) is 5.32. The molecule has 0 heterocycles. The smallest absolute Gasteiger partial charge is 0.269 e. The molecule has 2 atom stereocenters. The van der Waals surface area contributed by atoms with Crippen molar-refractivity contribution in [2.45, 2.75) is 44.6 Å². The van der Waals surface area contributed by atoms with Crippen molar-refractivity contribution in [3.8, 4) is 0 Å². The molecule has 2 rings (SSSR count). The third kappa shape index (κ3) is 3.42. The summed E-state index contributed by atoms with van der Waals surface area (Å²) < 4.78 is 0. The average Bonchev–Trinajstić information content (AvgIpc) is 2.43. The zero-order valence-corrected chi connectivity index (χ0v) is 11.3. The predicted octanol–water partition coefficient (Wildman–Crippen LogP) is 3.17. The van der Waals surface area contributed by atoms with Crippen LogP contribution in [0, 0.1) is 16.0 Å². The predicted molar refractivity (Wildman–Crippen MR) is 74.3 cm³/mol. The van der Waals surface area contributed by atoms with E-state index in [1.54, 1.807) is 0 Å². The van der Waals surface area contributed by atoms with Crippen molar-refractivity contribution < 1.29 is 14.8 Å². The van der Waals surface area contributed by atoms with Crippen molar-refractivity contribution in [1.29, 1.82) is 0 Å². The molecule has 1 aliphatic carbocycles. The number of aliphatic hydroxyl groups excluding tert-OH is 1. The van der Waals surface area contributed by atoms with Gasteiger partial charge in [0, 0.05) is 24.5 Å². The molecule has 0 aromatic heterocycles. The fourth-order valence-electron chi connectivity index (χ4n) is 2.72. The van der Waals surface area contributed by atoms with Crippen LogP contribution in [0.2, 0.25) is 0 Å². The van der Waals surface area contributed by atoms with Crippen LogP contribution in [0.25, 0.3) is 0 Å². The summed E-state index contributed by atoms with van der Waals surface area (Å²) in [6, 6.07) is 5.81. The minimum Gasteiger partial charge on any atom is -0.388 e. The van der Waals surface area contributed by atoms with E-state index in [0.717, 1.165) is 25.7 Å². The van der Waals surface area contributed by atoms with Crippen LogP contribution in [-0.4, -0.2) is 15.8 Å². The van der Waals surface area contributed by atoms with E-state index >= 15 is 0 Å². The van der Waals surface area contributed by atoms with Gasteiger partial charge in [0.05, 0.1) is 11.0 Å². The lowest BCUT2D eigenvalue weighted by Crippen LogP contribution is -2.23. The number of benzene rings is 1. The number of carbonyl (C=O) groups is 1. The van der Waals surface area contributed by atoms with Crippen LogP contribution in [0.4, 0.5) is 5.69 Å². The molecular weight excluding hydrogens is 258 g/mol. The Bertz CT molecular complexity index is 483. The second-order valence-corrected chi connectivity index (χ2v) is 5.32. The molecule has 0 amide bonds. The fourth-order valence-corrected chi connectivity index (χ4v) is 2.72. The topological polar surface area (TPSA) is 80.4 Å². The summed E-state index contributed by atoms with van der Waals surface area (Å²) >= 11 is 0. The van der Waals surface area contributed by atoms with Crippen LogP contribution in [0.15, 0.2) is 24.3 Å². The van der Waals surface area contributed by atoms with Gasteiger partial charge in [0.2, 0.25) is 0 Å². The highest BCUT2D eigenvalue weighted by molar-refractivity contribution is 5.81. The number of aliphatic hydroxyl groups is 1. The lowest BCUT2D eigenvalue weighted by molar-refractivity contribution is -0.384. The molecule has 1 aromatic rings. The number of rotatable bonds is 3. The Morgan fingerprint density at radius 3 is 2.45 bits per heavy atom. The number of Topliss-reactive ketones (excluding diaryl/α,β-unsaturated/α-hetero) is 1. The standard InChI is InChI=1S/C15H19NO4/c17-14-6-4-2-1-3-5-13(14)15(18)11-7-9-12(10-8-11)16(19)20/h7-10,13,15,18H,1-6H2/t13-,15-/m0/s1. The molecule has 1 N–H and O–H groups in total. The largest absolute Gasteiger partial charge is 0.388 e. The van der Waals surface area contributed by atoms with E-state index in [-0.39, 0.29) is 17.4 Å². The Morgan fingerprint density at radius 1 is 1.15 bits per heavy atom. The summed E-state index contributed by atoms with van der Waals surface area (Å²) in [6.45, 7) is 0. The number of hydrogen-bond acceptors (Lipinski definition) is 4. The van der Waals surface area contributed by atoms with Gasteiger partial charge in [-0.3, -0.25) is 14.9 Å². The molecule has 1 aliphatic rings. The third-order valence-electron chi connectivity index (χ3n) is 3.93. The molecule has 5 nitrogen and oxygen atoms in total. The first-order chi connectivity index (χ1) is 9.59. The molecule has 20 heavy (non-hydrogen) atoms.